The number of aromatic nitrogens is 4. The smallest absolute Gasteiger partial charge is 0.258 e. The van der Waals surface area contributed by atoms with E-state index in [9.17, 15) is 4.79 Å². The minimum Gasteiger partial charge on any atom is -0.372 e. The molecule has 1 saturated heterocycles. The molecule has 4 rings (SSSR count). The summed E-state index contributed by atoms with van der Waals surface area (Å²) in [6.45, 7) is 4.35. The van der Waals surface area contributed by atoms with Crippen LogP contribution in [0.25, 0.3) is 11.1 Å². The molecular weight excluding hydrogens is 332 g/mol. The van der Waals surface area contributed by atoms with Gasteiger partial charge in [-0.1, -0.05) is 5.16 Å². The van der Waals surface area contributed by atoms with Crippen molar-refractivity contribution in [1.82, 2.24) is 25.0 Å². The minimum atomic E-state index is -0.0908. The molecule has 1 fully saturated rings. The van der Waals surface area contributed by atoms with E-state index in [-0.39, 0.29) is 11.9 Å². The normalized spacial score (nSPS) is 17.0. The molecule has 134 valence electrons. The van der Waals surface area contributed by atoms with Gasteiger partial charge in [-0.25, -0.2) is 9.97 Å². The van der Waals surface area contributed by atoms with E-state index >= 15 is 0 Å². The average Bonchev–Trinajstić information content (AvgIpc) is 3.28. The van der Waals surface area contributed by atoms with E-state index in [1.165, 1.54) is 0 Å². The van der Waals surface area contributed by atoms with Gasteiger partial charge in [0.1, 0.15) is 5.82 Å². The highest BCUT2D eigenvalue weighted by atomic mass is 16.5. The molecule has 0 saturated carbocycles. The second-order valence-corrected chi connectivity index (χ2v) is 6.50. The predicted molar refractivity (Wildman–Crippen MR) is 95.9 cm³/mol. The second-order valence-electron chi connectivity index (χ2n) is 6.50. The van der Waals surface area contributed by atoms with Gasteiger partial charge in [-0.2, -0.15) is 0 Å². The molecule has 0 spiro atoms. The number of carbonyl (C=O) groups excluding carboxylic acids is 1. The van der Waals surface area contributed by atoms with Crippen LogP contribution in [0.2, 0.25) is 0 Å². The molecule has 0 unspecified atom stereocenters. The Bertz CT molecular complexity index is 983. The molecule has 1 aliphatic heterocycles. The van der Waals surface area contributed by atoms with E-state index in [0.29, 0.717) is 34.7 Å². The van der Waals surface area contributed by atoms with Gasteiger partial charge in [0, 0.05) is 19.3 Å². The van der Waals surface area contributed by atoms with Crippen LogP contribution in [0.3, 0.4) is 0 Å². The van der Waals surface area contributed by atoms with Crippen LogP contribution in [0.1, 0.15) is 46.3 Å². The van der Waals surface area contributed by atoms with Gasteiger partial charge in [0.25, 0.3) is 11.6 Å². The maximum atomic E-state index is 13.4. The van der Waals surface area contributed by atoms with Gasteiger partial charge in [-0.3, -0.25) is 9.78 Å². The van der Waals surface area contributed by atoms with Gasteiger partial charge in [0.05, 0.1) is 40.8 Å². The van der Waals surface area contributed by atoms with Crippen molar-refractivity contribution in [2.75, 3.05) is 18.9 Å². The zero-order valence-electron chi connectivity index (χ0n) is 15.0. The molecule has 0 aromatic carbocycles. The van der Waals surface area contributed by atoms with Crippen molar-refractivity contribution in [3.8, 4) is 0 Å². The van der Waals surface area contributed by atoms with E-state index in [1.807, 2.05) is 18.7 Å². The predicted octanol–water partition coefficient (Wildman–Crippen LogP) is 2.65. The number of fused-ring (bicyclic) bond motifs is 1. The first kappa shape index (κ1) is 16.4. The lowest BCUT2D eigenvalue weighted by Crippen LogP contribution is -2.31. The van der Waals surface area contributed by atoms with Crippen molar-refractivity contribution >= 4 is 22.8 Å². The monoisotopic (exact) mass is 352 g/mol. The van der Waals surface area contributed by atoms with Crippen molar-refractivity contribution < 1.29 is 9.32 Å². The number of carbonyl (C=O) groups is 1. The summed E-state index contributed by atoms with van der Waals surface area (Å²) in [5.74, 6) is 0.643. The molecule has 3 aromatic rings. The lowest BCUT2D eigenvalue weighted by Gasteiger charge is -2.24. The van der Waals surface area contributed by atoms with Crippen molar-refractivity contribution in [3.63, 3.8) is 0 Å². The Morgan fingerprint density at radius 1 is 1.31 bits per heavy atom. The molecule has 1 aliphatic rings. The number of hydrogen-bond donors (Lipinski definition) is 1. The average molecular weight is 352 g/mol. The Kier molecular flexibility index (Phi) is 4.02. The molecular formula is C18H20N6O2. The highest BCUT2D eigenvalue weighted by Gasteiger charge is 2.33. The van der Waals surface area contributed by atoms with E-state index in [0.717, 1.165) is 24.2 Å². The highest BCUT2D eigenvalue weighted by Crippen LogP contribution is 2.34. The Hall–Kier alpha value is -3.03. The van der Waals surface area contributed by atoms with Crippen LogP contribution in [0.15, 0.2) is 23.0 Å². The fraction of sp³-hybridized carbons (Fsp3) is 0.389. The van der Waals surface area contributed by atoms with Crippen LogP contribution in [0.4, 0.5) is 5.82 Å². The number of amides is 1. The SMILES string of the molecule is CNc1cncc([C@@H]2CCCN2C(=O)c2cc(C)nc3onc(C)c23)n1. The fourth-order valence-electron chi connectivity index (χ4n) is 3.52. The highest BCUT2D eigenvalue weighted by molar-refractivity contribution is 6.06. The molecule has 3 aromatic heterocycles. The molecule has 0 bridgehead atoms. The number of nitrogens with one attached hydrogen (secondary N) is 1. The summed E-state index contributed by atoms with van der Waals surface area (Å²) in [4.78, 5) is 28.4. The van der Waals surface area contributed by atoms with Crippen molar-refractivity contribution in [1.29, 1.82) is 0 Å². The Labute approximate surface area is 150 Å². The van der Waals surface area contributed by atoms with Crippen molar-refractivity contribution in [3.05, 3.63) is 41.1 Å². The van der Waals surface area contributed by atoms with Crippen LogP contribution < -0.4 is 5.32 Å². The summed E-state index contributed by atoms with van der Waals surface area (Å²) in [6, 6.07) is 1.71. The quantitative estimate of drug-likeness (QED) is 0.774. The summed E-state index contributed by atoms with van der Waals surface area (Å²) in [5, 5.41) is 7.65. The zero-order chi connectivity index (χ0) is 18.3. The Morgan fingerprint density at radius 3 is 2.96 bits per heavy atom. The van der Waals surface area contributed by atoms with Crippen molar-refractivity contribution in [2.45, 2.75) is 32.7 Å². The first-order chi connectivity index (χ1) is 12.6. The number of nitrogens with zero attached hydrogens (tertiary/aromatic N) is 5. The Balaban J connectivity index is 1.75. The molecule has 0 aliphatic carbocycles. The standard InChI is InChI=1S/C18H20N6O2/c1-10-7-12(16-11(2)23-26-17(16)21-10)18(25)24-6-4-5-14(24)13-8-20-9-15(19-3)22-13/h7-9,14H,4-6H2,1-3H3,(H,19,22)/t14-/m0/s1. The van der Waals surface area contributed by atoms with E-state index < -0.39 is 0 Å². The van der Waals surface area contributed by atoms with Gasteiger partial charge < -0.3 is 14.7 Å². The third-order valence-corrected chi connectivity index (χ3v) is 4.74. The lowest BCUT2D eigenvalue weighted by molar-refractivity contribution is 0.0734. The molecule has 8 nitrogen and oxygen atoms in total. The van der Waals surface area contributed by atoms with Crippen LogP contribution >= 0.6 is 0 Å². The van der Waals surface area contributed by atoms with Gasteiger partial charge >= 0.3 is 0 Å². The minimum absolute atomic E-state index is 0.0500. The third kappa shape index (κ3) is 2.67. The molecule has 26 heavy (non-hydrogen) atoms. The van der Waals surface area contributed by atoms with Crippen LogP contribution in [0, 0.1) is 13.8 Å². The van der Waals surface area contributed by atoms with Gasteiger partial charge in [0.2, 0.25) is 0 Å². The number of pyridine rings is 1. The third-order valence-electron chi connectivity index (χ3n) is 4.74. The van der Waals surface area contributed by atoms with E-state index in [4.69, 9.17) is 4.52 Å². The molecule has 8 heteroatoms. The molecule has 1 atom stereocenters. The molecule has 4 heterocycles. The number of aryl methyl sites for hydroxylation is 2. The number of anilines is 1. The van der Waals surface area contributed by atoms with Crippen LogP contribution in [-0.4, -0.2) is 44.5 Å². The maximum absolute atomic E-state index is 13.4. The lowest BCUT2D eigenvalue weighted by atomic mass is 10.1. The topological polar surface area (TPSA) is 97.0 Å². The number of rotatable bonds is 3. The molecule has 1 amide bonds. The first-order valence-corrected chi connectivity index (χ1v) is 8.62. The summed E-state index contributed by atoms with van der Waals surface area (Å²) in [6.07, 6.45) is 5.19. The van der Waals surface area contributed by atoms with Crippen LogP contribution in [0.5, 0.6) is 0 Å². The molecule has 0 radical (unpaired) electrons. The van der Waals surface area contributed by atoms with Gasteiger partial charge in [0.15, 0.2) is 0 Å². The Morgan fingerprint density at radius 2 is 2.15 bits per heavy atom. The van der Waals surface area contributed by atoms with E-state index in [2.05, 4.69) is 25.4 Å². The summed E-state index contributed by atoms with van der Waals surface area (Å²) in [7, 11) is 1.80. The van der Waals surface area contributed by atoms with Crippen LogP contribution in [-0.2, 0) is 0 Å². The fourth-order valence-corrected chi connectivity index (χ4v) is 3.52. The number of likely N-dealkylation sites (tertiary alicyclic amines) is 1. The maximum Gasteiger partial charge on any atom is 0.258 e. The second kappa shape index (κ2) is 6.36. The first-order valence-electron chi connectivity index (χ1n) is 8.62. The zero-order valence-corrected chi connectivity index (χ0v) is 15.0. The summed E-state index contributed by atoms with van der Waals surface area (Å²) >= 11 is 0. The number of hydrogen-bond acceptors (Lipinski definition) is 7. The summed E-state index contributed by atoms with van der Waals surface area (Å²) in [5.41, 5.74) is 3.18. The van der Waals surface area contributed by atoms with Crippen molar-refractivity contribution in [2.24, 2.45) is 0 Å². The van der Waals surface area contributed by atoms with E-state index in [1.54, 1.807) is 25.5 Å². The summed E-state index contributed by atoms with van der Waals surface area (Å²) < 4.78 is 5.26. The largest absolute Gasteiger partial charge is 0.372 e. The van der Waals surface area contributed by atoms with Gasteiger partial charge in [-0.05, 0) is 32.8 Å². The van der Waals surface area contributed by atoms with Gasteiger partial charge in [-0.15, -0.1) is 0 Å². The molecule has 1 N–H and O–H groups in total.